The van der Waals surface area contributed by atoms with Crippen molar-refractivity contribution in [2.24, 2.45) is 7.05 Å². The second-order valence-corrected chi connectivity index (χ2v) is 6.67. The molecular weight excluding hydrogens is 378 g/mol. The minimum atomic E-state index is -0.108. The molecule has 0 saturated carbocycles. The summed E-state index contributed by atoms with van der Waals surface area (Å²) in [7, 11) is 1.94. The van der Waals surface area contributed by atoms with Crippen molar-refractivity contribution in [1.82, 2.24) is 24.7 Å². The molecule has 0 bridgehead atoms. The van der Waals surface area contributed by atoms with E-state index in [1.165, 1.54) is 0 Å². The molecule has 1 fully saturated rings. The summed E-state index contributed by atoms with van der Waals surface area (Å²) >= 11 is 0. The van der Waals surface area contributed by atoms with Gasteiger partial charge in [0, 0.05) is 63.3 Å². The number of imidazole rings is 1. The van der Waals surface area contributed by atoms with Gasteiger partial charge in [0.05, 0.1) is 0 Å². The normalized spacial score (nSPS) is 16.4. The Labute approximate surface area is 172 Å². The van der Waals surface area contributed by atoms with Crippen molar-refractivity contribution in [3.63, 3.8) is 0 Å². The van der Waals surface area contributed by atoms with Crippen LogP contribution in [-0.2, 0) is 7.05 Å². The number of piperazine rings is 1. The molecule has 0 aliphatic carbocycles. The lowest BCUT2D eigenvalue weighted by molar-refractivity contribution is 0.0620. The van der Waals surface area contributed by atoms with Crippen LogP contribution in [0.2, 0.25) is 0 Å². The Bertz CT molecular complexity index is 801. The highest BCUT2D eigenvalue weighted by atomic mass is 35.5. The quantitative estimate of drug-likeness (QED) is 0.827. The van der Waals surface area contributed by atoms with Crippen LogP contribution in [0.1, 0.15) is 46.4 Å². The van der Waals surface area contributed by atoms with Crippen LogP contribution < -0.4 is 5.32 Å². The van der Waals surface area contributed by atoms with Gasteiger partial charge in [-0.2, -0.15) is 0 Å². The molecule has 0 spiro atoms. The summed E-state index contributed by atoms with van der Waals surface area (Å²) in [6.07, 6.45) is 3.64. The molecule has 2 amide bonds. The highest BCUT2D eigenvalue weighted by Gasteiger charge is 2.31. The first-order chi connectivity index (χ1) is 13.1. The number of amides is 2. The van der Waals surface area contributed by atoms with E-state index in [4.69, 9.17) is 0 Å². The van der Waals surface area contributed by atoms with Crippen molar-refractivity contribution in [2.75, 3.05) is 32.7 Å². The summed E-state index contributed by atoms with van der Waals surface area (Å²) < 4.78 is 1.95. The average Bonchev–Trinajstić information content (AvgIpc) is 3.14. The molecule has 7 nitrogen and oxygen atoms in total. The van der Waals surface area contributed by atoms with Gasteiger partial charge >= 0.3 is 0 Å². The number of halogens is 1. The lowest BCUT2D eigenvalue weighted by Gasteiger charge is -2.35. The van der Waals surface area contributed by atoms with Gasteiger partial charge in [-0.25, -0.2) is 4.98 Å². The Hall–Kier alpha value is -2.38. The molecule has 1 aliphatic rings. The third-order valence-electron chi connectivity index (χ3n) is 5.09. The molecule has 2 heterocycles. The number of nitrogens with zero attached hydrogens (tertiary/aromatic N) is 4. The Morgan fingerprint density at radius 1 is 1.18 bits per heavy atom. The zero-order valence-electron chi connectivity index (χ0n) is 16.6. The third kappa shape index (κ3) is 4.36. The van der Waals surface area contributed by atoms with E-state index >= 15 is 0 Å². The van der Waals surface area contributed by atoms with Gasteiger partial charge in [-0.1, -0.05) is 0 Å². The maximum absolute atomic E-state index is 13.1. The fraction of sp³-hybridized carbons (Fsp3) is 0.450. The van der Waals surface area contributed by atoms with E-state index in [0.29, 0.717) is 37.3 Å². The van der Waals surface area contributed by atoms with Crippen LogP contribution in [0.15, 0.2) is 36.7 Å². The first-order valence-electron chi connectivity index (χ1n) is 9.45. The van der Waals surface area contributed by atoms with Gasteiger partial charge in [0.25, 0.3) is 11.8 Å². The number of hydrogen-bond acceptors (Lipinski definition) is 4. The van der Waals surface area contributed by atoms with E-state index in [1.807, 2.05) is 36.6 Å². The van der Waals surface area contributed by atoms with E-state index in [0.717, 1.165) is 12.4 Å². The number of hydrogen-bond donors (Lipinski definition) is 1. The van der Waals surface area contributed by atoms with Crippen molar-refractivity contribution >= 4 is 24.2 Å². The minimum Gasteiger partial charge on any atom is -0.339 e. The summed E-state index contributed by atoms with van der Waals surface area (Å²) in [6.45, 7) is 7.31. The second kappa shape index (κ2) is 9.71. The Kier molecular flexibility index (Phi) is 7.60. The summed E-state index contributed by atoms with van der Waals surface area (Å²) in [4.78, 5) is 33.6. The van der Waals surface area contributed by atoms with Crippen LogP contribution >= 0.6 is 12.4 Å². The van der Waals surface area contributed by atoms with Crippen LogP contribution in [0, 0.1) is 0 Å². The topological polar surface area (TPSA) is 70.5 Å². The zero-order valence-corrected chi connectivity index (χ0v) is 17.4. The van der Waals surface area contributed by atoms with Crippen LogP contribution in [0.4, 0.5) is 0 Å². The summed E-state index contributed by atoms with van der Waals surface area (Å²) in [5.41, 5.74) is 1.20. The van der Waals surface area contributed by atoms with Crippen LogP contribution in [0.5, 0.6) is 0 Å². The highest BCUT2D eigenvalue weighted by molar-refractivity contribution is 5.98. The van der Waals surface area contributed by atoms with Crippen LogP contribution in [0.3, 0.4) is 0 Å². The monoisotopic (exact) mass is 405 g/mol. The van der Waals surface area contributed by atoms with Crippen LogP contribution in [0.25, 0.3) is 0 Å². The average molecular weight is 406 g/mol. The molecule has 1 atom stereocenters. The number of carbonyl (C=O) groups excluding carboxylic acids is 2. The Morgan fingerprint density at radius 3 is 2.39 bits per heavy atom. The standard InChI is InChI=1S/C20H27N5O2.ClH/c1-4-24(5-2)19(26)15-6-8-16(9-7-15)20(27)25-13-10-21-14-17(25)18-22-11-12-23(18)3;/h6-9,11-12,17,21H,4-5,10,13-14H2,1-3H3;1H. The molecular formula is C20H28ClN5O2. The van der Waals surface area contributed by atoms with Crippen molar-refractivity contribution in [1.29, 1.82) is 0 Å². The predicted molar refractivity (Wildman–Crippen MR) is 111 cm³/mol. The molecule has 2 aromatic rings. The van der Waals surface area contributed by atoms with Gasteiger partial charge in [-0.3, -0.25) is 9.59 Å². The zero-order chi connectivity index (χ0) is 19.4. The van der Waals surface area contributed by atoms with Crippen LogP contribution in [-0.4, -0.2) is 63.9 Å². The van der Waals surface area contributed by atoms with Crippen molar-refractivity contribution in [3.05, 3.63) is 53.6 Å². The maximum atomic E-state index is 13.1. The Morgan fingerprint density at radius 2 is 1.82 bits per heavy atom. The predicted octanol–water partition coefficient (Wildman–Crippen LogP) is 2.11. The molecule has 1 saturated heterocycles. The number of aryl methyl sites for hydroxylation is 1. The van der Waals surface area contributed by atoms with Gasteiger partial charge in [0.2, 0.25) is 0 Å². The van der Waals surface area contributed by atoms with E-state index in [2.05, 4.69) is 10.3 Å². The fourth-order valence-electron chi connectivity index (χ4n) is 3.49. The van der Waals surface area contributed by atoms with Crippen molar-refractivity contribution < 1.29 is 9.59 Å². The van der Waals surface area contributed by atoms with Gasteiger partial charge in [-0.15, -0.1) is 12.4 Å². The van der Waals surface area contributed by atoms with E-state index in [9.17, 15) is 9.59 Å². The first-order valence-corrected chi connectivity index (χ1v) is 9.45. The number of rotatable bonds is 5. The molecule has 8 heteroatoms. The summed E-state index contributed by atoms with van der Waals surface area (Å²) in [5.74, 6) is 0.822. The minimum absolute atomic E-state index is 0. The lowest BCUT2D eigenvalue weighted by atomic mass is 10.1. The lowest BCUT2D eigenvalue weighted by Crippen LogP contribution is -2.49. The molecule has 1 aromatic heterocycles. The second-order valence-electron chi connectivity index (χ2n) is 6.67. The summed E-state index contributed by atoms with van der Waals surface area (Å²) in [6, 6.07) is 6.87. The molecule has 152 valence electrons. The Balaban J connectivity index is 0.00000280. The van der Waals surface area contributed by atoms with E-state index < -0.39 is 0 Å². The van der Waals surface area contributed by atoms with Crippen molar-refractivity contribution in [2.45, 2.75) is 19.9 Å². The third-order valence-corrected chi connectivity index (χ3v) is 5.09. The molecule has 0 radical (unpaired) electrons. The number of nitrogens with one attached hydrogen (secondary N) is 1. The first kappa shape index (κ1) is 21.9. The molecule has 3 rings (SSSR count). The van der Waals surface area contributed by atoms with Gasteiger partial charge in [-0.05, 0) is 38.1 Å². The maximum Gasteiger partial charge on any atom is 0.254 e. The number of aromatic nitrogens is 2. The molecule has 1 unspecified atom stereocenters. The summed E-state index contributed by atoms with van der Waals surface area (Å²) in [5, 5.41) is 3.34. The highest BCUT2D eigenvalue weighted by Crippen LogP contribution is 2.23. The van der Waals surface area contributed by atoms with E-state index in [-0.39, 0.29) is 30.3 Å². The molecule has 1 aromatic carbocycles. The van der Waals surface area contributed by atoms with Gasteiger partial charge < -0.3 is 19.7 Å². The fourth-order valence-corrected chi connectivity index (χ4v) is 3.49. The number of carbonyl (C=O) groups is 2. The van der Waals surface area contributed by atoms with Crippen molar-refractivity contribution in [3.8, 4) is 0 Å². The number of benzene rings is 1. The molecule has 1 N–H and O–H groups in total. The largest absolute Gasteiger partial charge is 0.339 e. The smallest absolute Gasteiger partial charge is 0.254 e. The molecule has 28 heavy (non-hydrogen) atoms. The SMILES string of the molecule is CCN(CC)C(=O)c1ccc(C(=O)N2CCNCC2c2nccn2C)cc1.Cl. The van der Waals surface area contributed by atoms with Gasteiger partial charge in [0.1, 0.15) is 11.9 Å². The molecule has 1 aliphatic heterocycles. The van der Waals surface area contributed by atoms with Gasteiger partial charge in [0.15, 0.2) is 0 Å². The van der Waals surface area contributed by atoms with E-state index in [1.54, 1.807) is 35.4 Å².